The molecule has 2 aromatic rings. The average molecular weight is 186 g/mol. The number of pyridine rings is 1. The van der Waals surface area contributed by atoms with Crippen molar-refractivity contribution < 1.29 is 4.74 Å². The molecule has 2 rings (SSSR count). The molecule has 71 valence electrons. The van der Waals surface area contributed by atoms with Crippen molar-refractivity contribution in [2.75, 3.05) is 6.61 Å². The van der Waals surface area contributed by atoms with Crippen molar-refractivity contribution in [1.82, 2.24) is 4.98 Å². The van der Waals surface area contributed by atoms with Crippen LogP contribution in [-0.4, -0.2) is 11.6 Å². The topological polar surface area (TPSA) is 22.1 Å². The Balaban J connectivity index is 2.32. The molecule has 0 atom stereocenters. The Kier molecular flexibility index (Phi) is 2.63. The first-order chi connectivity index (χ1) is 6.90. The number of hydrogen-bond donors (Lipinski definition) is 0. The minimum Gasteiger partial charge on any atom is -0.491 e. The van der Waals surface area contributed by atoms with Gasteiger partial charge >= 0.3 is 0 Å². The second-order valence-corrected chi connectivity index (χ2v) is 3.14. The van der Waals surface area contributed by atoms with E-state index in [0.717, 1.165) is 29.7 Å². The summed E-state index contributed by atoms with van der Waals surface area (Å²) in [6.45, 7) is 2.80. The monoisotopic (exact) mass is 186 g/mol. The summed E-state index contributed by atoms with van der Waals surface area (Å²) in [6.07, 6.45) is 3.87. The van der Waals surface area contributed by atoms with Crippen LogP contribution in [0.5, 0.6) is 5.75 Å². The molecule has 1 aromatic carbocycles. The maximum Gasteiger partial charge on any atom is 0.147 e. The molecular formula is C12H12NO. The highest BCUT2D eigenvalue weighted by Crippen LogP contribution is 2.17. The summed E-state index contributed by atoms with van der Waals surface area (Å²) >= 11 is 0. The molecule has 0 aliphatic carbocycles. The summed E-state index contributed by atoms with van der Waals surface area (Å²) < 4.78 is 5.45. The molecule has 1 aromatic heterocycles. The van der Waals surface area contributed by atoms with Crippen molar-refractivity contribution in [3.05, 3.63) is 36.5 Å². The fraction of sp³-hybridized carbons (Fsp3) is 0.250. The highest BCUT2D eigenvalue weighted by molar-refractivity contribution is 5.79. The fourth-order valence-corrected chi connectivity index (χ4v) is 1.29. The van der Waals surface area contributed by atoms with Gasteiger partial charge in [-0.3, -0.25) is 0 Å². The van der Waals surface area contributed by atoms with Crippen LogP contribution in [0.4, 0.5) is 0 Å². The van der Waals surface area contributed by atoms with Crippen LogP contribution in [0.3, 0.4) is 0 Å². The smallest absolute Gasteiger partial charge is 0.147 e. The first-order valence-electron chi connectivity index (χ1n) is 4.80. The van der Waals surface area contributed by atoms with E-state index in [-0.39, 0.29) is 0 Å². The van der Waals surface area contributed by atoms with E-state index in [2.05, 4.69) is 18.1 Å². The minimum absolute atomic E-state index is 0.719. The molecule has 0 bridgehead atoms. The average Bonchev–Trinajstić information content (AvgIpc) is 2.26. The molecule has 0 aliphatic heterocycles. The molecular weight excluding hydrogens is 174 g/mol. The van der Waals surface area contributed by atoms with Crippen LogP contribution in [-0.2, 0) is 0 Å². The molecule has 0 saturated heterocycles. The van der Waals surface area contributed by atoms with Crippen molar-refractivity contribution in [3.8, 4) is 5.75 Å². The number of benzene rings is 1. The van der Waals surface area contributed by atoms with Gasteiger partial charge in [-0.05, 0) is 18.6 Å². The maximum atomic E-state index is 5.45. The Morgan fingerprint density at radius 3 is 3.07 bits per heavy atom. The molecule has 0 saturated carbocycles. The molecule has 2 heteroatoms. The van der Waals surface area contributed by atoms with Crippen molar-refractivity contribution in [2.24, 2.45) is 0 Å². The van der Waals surface area contributed by atoms with Crippen LogP contribution in [0.25, 0.3) is 10.9 Å². The first-order valence-corrected chi connectivity index (χ1v) is 4.80. The third-order valence-corrected chi connectivity index (χ3v) is 1.97. The molecule has 0 amide bonds. The lowest BCUT2D eigenvalue weighted by Gasteiger charge is -2.03. The molecule has 0 spiro atoms. The Bertz CT molecular complexity index is 425. The van der Waals surface area contributed by atoms with E-state index >= 15 is 0 Å². The van der Waals surface area contributed by atoms with E-state index in [0.29, 0.717) is 0 Å². The van der Waals surface area contributed by atoms with Gasteiger partial charge in [0.2, 0.25) is 0 Å². The Morgan fingerprint density at radius 1 is 1.36 bits per heavy atom. The minimum atomic E-state index is 0.719. The molecule has 14 heavy (non-hydrogen) atoms. The van der Waals surface area contributed by atoms with Crippen LogP contribution in [0.2, 0.25) is 0 Å². The van der Waals surface area contributed by atoms with Crippen LogP contribution >= 0.6 is 0 Å². The number of fused-ring (bicyclic) bond motifs is 1. The SMILES string of the molecule is CCCOc1[c]nc2ccccc2c1. The van der Waals surface area contributed by atoms with Gasteiger partial charge in [0.1, 0.15) is 11.9 Å². The highest BCUT2D eigenvalue weighted by atomic mass is 16.5. The third-order valence-electron chi connectivity index (χ3n) is 1.97. The zero-order valence-corrected chi connectivity index (χ0v) is 8.16. The molecule has 0 aliphatic rings. The molecule has 0 unspecified atom stereocenters. The molecule has 2 nitrogen and oxygen atoms in total. The second kappa shape index (κ2) is 4.09. The van der Waals surface area contributed by atoms with Gasteiger partial charge in [-0.25, -0.2) is 4.98 Å². The van der Waals surface area contributed by atoms with Crippen molar-refractivity contribution in [3.63, 3.8) is 0 Å². The van der Waals surface area contributed by atoms with Crippen molar-refractivity contribution in [2.45, 2.75) is 13.3 Å². The number of nitrogens with zero attached hydrogens (tertiary/aromatic N) is 1. The first kappa shape index (κ1) is 9.00. The van der Waals surface area contributed by atoms with Crippen LogP contribution < -0.4 is 4.74 Å². The number of rotatable bonds is 3. The van der Waals surface area contributed by atoms with Gasteiger partial charge in [-0.15, -0.1) is 0 Å². The van der Waals surface area contributed by atoms with E-state index < -0.39 is 0 Å². The predicted molar refractivity (Wildman–Crippen MR) is 56.4 cm³/mol. The van der Waals surface area contributed by atoms with E-state index in [1.54, 1.807) is 0 Å². The summed E-state index contributed by atoms with van der Waals surface area (Å²) in [4.78, 5) is 4.18. The molecule has 1 radical (unpaired) electrons. The van der Waals surface area contributed by atoms with Gasteiger partial charge in [0.05, 0.1) is 12.1 Å². The van der Waals surface area contributed by atoms with Crippen LogP contribution in [0.1, 0.15) is 13.3 Å². The number of ether oxygens (including phenoxy) is 1. The van der Waals surface area contributed by atoms with Gasteiger partial charge in [0, 0.05) is 5.39 Å². The van der Waals surface area contributed by atoms with E-state index in [9.17, 15) is 0 Å². The Hall–Kier alpha value is -1.57. The Morgan fingerprint density at radius 2 is 2.21 bits per heavy atom. The highest BCUT2D eigenvalue weighted by Gasteiger charge is 1.97. The zero-order chi connectivity index (χ0) is 9.80. The summed E-state index contributed by atoms with van der Waals surface area (Å²) in [5, 5.41) is 1.09. The number of hydrogen-bond acceptors (Lipinski definition) is 2. The van der Waals surface area contributed by atoms with Crippen molar-refractivity contribution >= 4 is 10.9 Å². The third kappa shape index (κ3) is 1.84. The van der Waals surface area contributed by atoms with E-state index in [4.69, 9.17) is 4.74 Å². The van der Waals surface area contributed by atoms with Crippen LogP contribution in [0, 0.1) is 6.20 Å². The van der Waals surface area contributed by atoms with Gasteiger partial charge in [-0.1, -0.05) is 25.1 Å². The summed E-state index contributed by atoms with van der Waals surface area (Å²) in [6, 6.07) is 9.92. The van der Waals surface area contributed by atoms with Gasteiger partial charge in [0.15, 0.2) is 0 Å². The maximum absolute atomic E-state index is 5.45. The summed E-state index contributed by atoms with van der Waals surface area (Å²) in [7, 11) is 0. The van der Waals surface area contributed by atoms with Gasteiger partial charge in [0.25, 0.3) is 0 Å². The predicted octanol–water partition coefficient (Wildman–Crippen LogP) is 2.82. The standard InChI is InChI=1S/C12H12NO/c1-2-7-14-11-8-10-5-3-4-6-12(10)13-9-11/h3-6,8H,2,7H2,1H3. The molecule has 0 fully saturated rings. The van der Waals surface area contributed by atoms with Gasteiger partial charge in [-0.2, -0.15) is 0 Å². The zero-order valence-electron chi connectivity index (χ0n) is 8.16. The van der Waals surface area contributed by atoms with Crippen LogP contribution in [0.15, 0.2) is 30.3 Å². The summed E-state index contributed by atoms with van der Waals surface area (Å²) in [5.41, 5.74) is 0.955. The number of para-hydroxylation sites is 1. The fourth-order valence-electron chi connectivity index (χ4n) is 1.29. The molecule has 1 heterocycles. The Labute approximate surface area is 83.5 Å². The normalized spacial score (nSPS) is 10.4. The number of aromatic nitrogens is 1. The van der Waals surface area contributed by atoms with Crippen molar-refractivity contribution in [1.29, 1.82) is 0 Å². The quantitative estimate of drug-likeness (QED) is 0.735. The summed E-state index contributed by atoms with van der Waals surface area (Å²) in [5.74, 6) is 0.727. The molecule has 0 N–H and O–H groups in total. The lowest BCUT2D eigenvalue weighted by Crippen LogP contribution is -1.95. The van der Waals surface area contributed by atoms with E-state index in [1.807, 2.05) is 30.3 Å². The lowest BCUT2D eigenvalue weighted by atomic mass is 10.2. The lowest BCUT2D eigenvalue weighted by molar-refractivity contribution is 0.316. The van der Waals surface area contributed by atoms with E-state index in [1.165, 1.54) is 0 Å². The largest absolute Gasteiger partial charge is 0.491 e. The second-order valence-electron chi connectivity index (χ2n) is 3.14. The van der Waals surface area contributed by atoms with Gasteiger partial charge < -0.3 is 4.74 Å².